The molecule has 2 heterocycles. The zero-order chi connectivity index (χ0) is 28.2. The molecule has 1 amide bonds. The molecule has 0 saturated carbocycles. The quantitative estimate of drug-likeness (QED) is 0.234. The molecule has 0 aliphatic carbocycles. The van der Waals surface area contributed by atoms with Gasteiger partial charge in [0, 0.05) is 7.05 Å². The van der Waals surface area contributed by atoms with Gasteiger partial charge in [0.05, 0.1) is 36.7 Å². The Labute approximate surface area is 235 Å². The van der Waals surface area contributed by atoms with Gasteiger partial charge in [0.15, 0.2) is 10.9 Å². The van der Waals surface area contributed by atoms with Gasteiger partial charge in [0.2, 0.25) is 0 Å². The fourth-order valence-electron chi connectivity index (χ4n) is 4.08. The maximum atomic E-state index is 13.5. The summed E-state index contributed by atoms with van der Waals surface area (Å²) in [6.07, 6.45) is 3.34. The van der Waals surface area contributed by atoms with E-state index < -0.39 is 0 Å². The number of ether oxygens (including phenoxy) is 2. The number of hydrazone groups is 1. The number of nitrogens with zero attached hydrogens (tertiary/aromatic N) is 5. The molecule has 5 rings (SSSR count). The van der Waals surface area contributed by atoms with Crippen molar-refractivity contribution in [3.05, 3.63) is 111 Å². The molecule has 0 N–H and O–H groups in total. The van der Waals surface area contributed by atoms with Gasteiger partial charge < -0.3 is 9.47 Å². The lowest BCUT2D eigenvalue weighted by atomic mass is 10.2. The first-order valence-corrected chi connectivity index (χ1v) is 13.2. The van der Waals surface area contributed by atoms with Gasteiger partial charge in [-0.1, -0.05) is 30.3 Å². The Morgan fingerprint density at radius 3 is 2.02 bits per heavy atom. The Morgan fingerprint density at radius 2 is 1.43 bits per heavy atom. The minimum Gasteiger partial charge on any atom is -0.497 e. The van der Waals surface area contributed by atoms with E-state index in [9.17, 15) is 9.59 Å². The normalized spacial score (nSPS) is 15.5. The predicted octanol–water partition coefficient (Wildman–Crippen LogP) is 5.14. The second kappa shape index (κ2) is 11.5. The van der Waals surface area contributed by atoms with Crippen molar-refractivity contribution in [1.29, 1.82) is 0 Å². The number of rotatable bonds is 7. The summed E-state index contributed by atoms with van der Waals surface area (Å²) in [6.45, 7) is 1.82. The van der Waals surface area contributed by atoms with Gasteiger partial charge >= 0.3 is 0 Å². The molecular formula is C30H27N5O4S. The first-order chi connectivity index (χ1) is 19.4. The van der Waals surface area contributed by atoms with Crippen molar-refractivity contribution in [1.82, 2.24) is 14.4 Å². The van der Waals surface area contributed by atoms with Crippen molar-refractivity contribution >= 4 is 40.8 Å². The van der Waals surface area contributed by atoms with Gasteiger partial charge in [0.25, 0.3) is 11.5 Å². The first kappa shape index (κ1) is 26.8. The molecule has 0 atom stereocenters. The molecule has 0 unspecified atom stereocenters. The number of benzene rings is 3. The van der Waals surface area contributed by atoms with Crippen LogP contribution in [-0.2, 0) is 11.8 Å². The van der Waals surface area contributed by atoms with Crippen molar-refractivity contribution < 1.29 is 14.3 Å². The highest BCUT2D eigenvalue weighted by Gasteiger charge is 2.34. The fourth-order valence-corrected chi connectivity index (χ4v) is 5.00. The van der Waals surface area contributed by atoms with Crippen molar-refractivity contribution in [2.24, 2.45) is 17.1 Å². The number of methoxy groups -OCH3 is 2. The SMILES string of the molecule is COc1ccc(/C=N\N2C(=O)/C(=C\c3ccc(OC)cc3)SC2=Nc2c(C)n(C)n(-c3ccccc3)c2=O)cc1. The van der Waals surface area contributed by atoms with Gasteiger partial charge in [0.1, 0.15) is 11.5 Å². The molecule has 1 fully saturated rings. The summed E-state index contributed by atoms with van der Waals surface area (Å²) in [5.41, 5.74) is 2.90. The van der Waals surface area contributed by atoms with Crippen LogP contribution in [-0.4, -0.2) is 45.9 Å². The van der Waals surface area contributed by atoms with E-state index in [-0.39, 0.29) is 22.3 Å². The lowest BCUT2D eigenvalue weighted by Crippen LogP contribution is -2.24. The summed E-state index contributed by atoms with van der Waals surface area (Å²) in [5, 5.41) is 5.97. The smallest absolute Gasteiger partial charge is 0.297 e. The Balaban J connectivity index is 1.57. The van der Waals surface area contributed by atoms with E-state index in [4.69, 9.17) is 14.5 Å². The maximum absolute atomic E-state index is 13.5. The molecule has 0 radical (unpaired) electrons. The first-order valence-electron chi connectivity index (χ1n) is 12.4. The predicted molar refractivity (Wildman–Crippen MR) is 159 cm³/mol. The summed E-state index contributed by atoms with van der Waals surface area (Å²) in [4.78, 5) is 32.1. The van der Waals surface area contributed by atoms with Gasteiger partial charge in [-0.05, 0) is 84.4 Å². The Bertz CT molecular complexity index is 1690. The van der Waals surface area contributed by atoms with Crippen LogP contribution in [0.5, 0.6) is 11.5 Å². The Kier molecular flexibility index (Phi) is 7.70. The van der Waals surface area contributed by atoms with Crippen molar-refractivity contribution in [3.63, 3.8) is 0 Å². The number of hydrogen-bond acceptors (Lipinski definition) is 7. The number of carbonyl (C=O) groups is 1. The number of amidine groups is 1. The molecule has 1 aliphatic rings. The zero-order valence-corrected chi connectivity index (χ0v) is 23.3. The van der Waals surface area contributed by atoms with E-state index in [1.54, 1.807) is 42.9 Å². The highest BCUT2D eigenvalue weighted by Crippen LogP contribution is 2.35. The number of aromatic nitrogens is 2. The van der Waals surface area contributed by atoms with E-state index in [1.807, 2.05) is 85.8 Å². The third kappa shape index (κ3) is 5.34. The minimum absolute atomic E-state index is 0.233. The molecule has 1 saturated heterocycles. The number of para-hydroxylation sites is 1. The van der Waals surface area contributed by atoms with Gasteiger partial charge in [-0.2, -0.15) is 10.1 Å². The Hall–Kier alpha value is -4.83. The monoisotopic (exact) mass is 553 g/mol. The van der Waals surface area contributed by atoms with Crippen molar-refractivity contribution in [2.45, 2.75) is 6.92 Å². The molecule has 1 aromatic heterocycles. The van der Waals surface area contributed by atoms with E-state index in [0.717, 1.165) is 28.6 Å². The van der Waals surface area contributed by atoms with Crippen LogP contribution in [0.1, 0.15) is 16.8 Å². The number of amides is 1. The zero-order valence-electron chi connectivity index (χ0n) is 22.4. The molecule has 10 heteroatoms. The molecule has 9 nitrogen and oxygen atoms in total. The lowest BCUT2D eigenvalue weighted by Gasteiger charge is -2.08. The second-order valence-corrected chi connectivity index (χ2v) is 9.83. The van der Waals surface area contributed by atoms with E-state index in [0.29, 0.717) is 22.0 Å². The van der Waals surface area contributed by atoms with Crippen LogP contribution in [0, 0.1) is 6.92 Å². The number of aliphatic imine (C=N–C) groups is 1. The van der Waals surface area contributed by atoms with Crippen LogP contribution in [0.3, 0.4) is 0 Å². The number of thioether (sulfide) groups is 1. The van der Waals surface area contributed by atoms with E-state index in [1.165, 1.54) is 5.01 Å². The molecule has 202 valence electrons. The van der Waals surface area contributed by atoms with Crippen molar-refractivity contribution in [3.8, 4) is 17.2 Å². The fraction of sp³-hybridized carbons (Fsp3) is 0.133. The second-order valence-electron chi connectivity index (χ2n) is 8.82. The third-order valence-corrected chi connectivity index (χ3v) is 7.33. The number of carbonyl (C=O) groups excluding carboxylic acids is 1. The molecule has 40 heavy (non-hydrogen) atoms. The van der Waals surface area contributed by atoms with Crippen LogP contribution in [0.15, 0.2) is 98.7 Å². The van der Waals surface area contributed by atoms with Crippen LogP contribution < -0.4 is 15.0 Å². The van der Waals surface area contributed by atoms with Crippen LogP contribution in [0.25, 0.3) is 11.8 Å². The van der Waals surface area contributed by atoms with E-state index in [2.05, 4.69) is 5.10 Å². The van der Waals surface area contributed by atoms with Gasteiger partial charge in [-0.15, -0.1) is 0 Å². The lowest BCUT2D eigenvalue weighted by molar-refractivity contribution is -0.122. The van der Waals surface area contributed by atoms with Crippen LogP contribution in [0.2, 0.25) is 0 Å². The molecule has 4 aromatic rings. The largest absolute Gasteiger partial charge is 0.497 e. The Morgan fingerprint density at radius 1 is 0.825 bits per heavy atom. The molecular weight excluding hydrogens is 526 g/mol. The summed E-state index contributed by atoms with van der Waals surface area (Å²) in [7, 11) is 5.00. The molecule has 0 spiro atoms. The van der Waals surface area contributed by atoms with Crippen LogP contribution in [0.4, 0.5) is 5.69 Å². The van der Waals surface area contributed by atoms with Gasteiger partial charge in [-0.25, -0.2) is 9.67 Å². The highest BCUT2D eigenvalue weighted by atomic mass is 32.2. The average molecular weight is 554 g/mol. The molecule has 0 bridgehead atoms. The molecule has 1 aliphatic heterocycles. The third-order valence-electron chi connectivity index (χ3n) is 6.37. The average Bonchev–Trinajstić information content (AvgIpc) is 3.39. The highest BCUT2D eigenvalue weighted by molar-refractivity contribution is 8.18. The summed E-state index contributed by atoms with van der Waals surface area (Å²) >= 11 is 1.16. The van der Waals surface area contributed by atoms with Crippen molar-refractivity contribution in [2.75, 3.05) is 14.2 Å². The minimum atomic E-state index is -0.346. The van der Waals surface area contributed by atoms with Crippen LogP contribution >= 0.6 is 11.8 Å². The molecule has 3 aromatic carbocycles. The number of hydrogen-bond donors (Lipinski definition) is 0. The standard InChI is InChI=1S/C30H27N5O4S/c1-20-27(29(37)35(33(20)2)23-8-6-5-7-9-23)32-30-34(31-19-22-12-16-25(39-4)17-13-22)28(36)26(40-30)18-21-10-14-24(38-3)15-11-21/h5-19H,1-4H3/b26-18+,31-19-,32-30?. The van der Waals surface area contributed by atoms with Gasteiger partial charge in [-0.3, -0.25) is 14.3 Å². The summed E-state index contributed by atoms with van der Waals surface area (Å²) in [6, 6.07) is 24.0. The van der Waals surface area contributed by atoms with E-state index >= 15 is 0 Å². The summed E-state index contributed by atoms with van der Waals surface area (Å²) in [5.74, 6) is 1.09. The summed E-state index contributed by atoms with van der Waals surface area (Å²) < 4.78 is 13.8. The maximum Gasteiger partial charge on any atom is 0.297 e. The topological polar surface area (TPSA) is 90.4 Å².